The van der Waals surface area contributed by atoms with E-state index < -0.39 is 0 Å². The van der Waals surface area contributed by atoms with Gasteiger partial charge in [0.1, 0.15) is 0 Å². The maximum Gasteiger partial charge on any atom is 0.164 e. The maximum atomic E-state index is 13.2. The van der Waals surface area contributed by atoms with Gasteiger partial charge in [0, 0.05) is 13.4 Å². The zero-order chi connectivity index (χ0) is 11.3. The van der Waals surface area contributed by atoms with Gasteiger partial charge in [-0.25, -0.2) is 4.39 Å². The summed E-state index contributed by atoms with van der Waals surface area (Å²) in [7, 11) is 0. The summed E-state index contributed by atoms with van der Waals surface area (Å²) in [5.74, 6) is -0.239. The van der Waals surface area contributed by atoms with Gasteiger partial charge in [0.05, 0.1) is 18.5 Å². The van der Waals surface area contributed by atoms with Gasteiger partial charge in [-0.1, -0.05) is 13.8 Å². The standard InChI is InChI=1S/C9H13FN2O.C2H6.H2/c1-2-13-6-9(3-4-9)8-7(10)5-11-12-8;1-2;/h5H,2-4,6H2,1H3,(H,11,12);1-2H3;1H. The molecule has 1 aromatic rings. The molecule has 3 nitrogen and oxygen atoms in total. The fraction of sp³-hybridized carbons (Fsp3) is 0.727. The minimum atomic E-state index is -0.239. The molecule has 0 atom stereocenters. The topological polar surface area (TPSA) is 37.9 Å². The molecule has 0 saturated heterocycles. The van der Waals surface area contributed by atoms with Crippen LogP contribution in [0.1, 0.15) is 40.7 Å². The number of halogens is 1. The van der Waals surface area contributed by atoms with Gasteiger partial charge in [-0.05, 0) is 19.8 Å². The van der Waals surface area contributed by atoms with Gasteiger partial charge in [-0.3, -0.25) is 5.10 Å². The van der Waals surface area contributed by atoms with Crippen LogP contribution in [0.15, 0.2) is 6.20 Å². The fourth-order valence-corrected chi connectivity index (χ4v) is 1.56. The molecule has 1 aromatic heterocycles. The molecule has 0 unspecified atom stereocenters. The second-order valence-electron chi connectivity index (χ2n) is 3.51. The number of aromatic nitrogens is 2. The Morgan fingerprint density at radius 1 is 1.60 bits per heavy atom. The molecule has 0 aromatic carbocycles. The second kappa shape index (κ2) is 5.26. The minimum Gasteiger partial charge on any atom is -0.381 e. The van der Waals surface area contributed by atoms with E-state index in [4.69, 9.17) is 4.74 Å². The first-order chi connectivity index (χ1) is 7.28. The lowest BCUT2D eigenvalue weighted by Gasteiger charge is -2.12. The highest BCUT2D eigenvalue weighted by molar-refractivity contribution is 5.24. The summed E-state index contributed by atoms with van der Waals surface area (Å²) in [4.78, 5) is 0. The summed E-state index contributed by atoms with van der Waals surface area (Å²) in [6.07, 6.45) is 3.21. The SMILES string of the molecule is CC.CCOCC1(c2[nH]ncc2F)CC1.[HH]. The van der Waals surface area contributed by atoms with E-state index in [-0.39, 0.29) is 12.7 Å². The van der Waals surface area contributed by atoms with E-state index >= 15 is 0 Å². The lowest BCUT2D eigenvalue weighted by molar-refractivity contribution is 0.123. The van der Waals surface area contributed by atoms with Crippen molar-refractivity contribution >= 4 is 0 Å². The average Bonchev–Trinajstić information content (AvgIpc) is 2.94. The van der Waals surface area contributed by atoms with Crippen LogP contribution in [-0.4, -0.2) is 23.4 Å². The maximum absolute atomic E-state index is 13.2. The monoisotopic (exact) mass is 216 g/mol. The van der Waals surface area contributed by atoms with Gasteiger partial charge in [0.25, 0.3) is 0 Å². The van der Waals surface area contributed by atoms with Crippen LogP contribution in [0.2, 0.25) is 0 Å². The lowest BCUT2D eigenvalue weighted by atomic mass is 10.0. The molecular weight excluding hydrogens is 195 g/mol. The highest BCUT2D eigenvalue weighted by Crippen LogP contribution is 2.48. The second-order valence-corrected chi connectivity index (χ2v) is 3.51. The molecule has 1 fully saturated rings. The predicted octanol–water partition coefficient (Wildman–Crippen LogP) is 2.89. The van der Waals surface area contributed by atoms with Crippen LogP contribution in [0, 0.1) is 5.82 Å². The summed E-state index contributed by atoms with van der Waals surface area (Å²) < 4.78 is 18.5. The van der Waals surface area contributed by atoms with Crippen molar-refractivity contribution in [1.82, 2.24) is 10.2 Å². The van der Waals surface area contributed by atoms with Gasteiger partial charge in [0.2, 0.25) is 0 Å². The van der Waals surface area contributed by atoms with E-state index in [9.17, 15) is 4.39 Å². The first-order valence-electron chi connectivity index (χ1n) is 5.55. The number of hydrogen-bond donors (Lipinski definition) is 1. The number of ether oxygens (including phenoxy) is 1. The van der Waals surface area contributed by atoms with Gasteiger partial charge in [-0.15, -0.1) is 0 Å². The van der Waals surface area contributed by atoms with Crippen LogP contribution in [0.5, 0.6) is 0 Å². The van der Waals surface area contributed by atoms with E-state index in [1.165, 1.54) is 6.20 Å². The van der Waals surface area contributed by atoms with Gasteiger partial charge in [0.15, 0.2) is 5.82 Å². The zero-order valence-corrected chi connectivity index (χ0v) is 9.64. The van der Waals surface area contributed by atoms with Crippen LogP contribution >= 0.6 is 0 Å². The van der Waals surface area contributed by atoms with Crippen molar-refractivity contribution in [3.8, 4) is 0 Å². The molecule has 2 rings (SSSR count). The van der Waals surface area contributed by atoms with Gasteiger partial charge in [-0.2, -0.15) is 5.10 Å². The Morgan fingerprint density at radius 3 is 2.67 bits per heavy atom. The highest BCUT2D eigenvalue weighted by Gasteiger charge is 2.47. The Hall–Kier alpha value is -0.900. The smallest absolute Gasteiger partial charge is 0.164 e. The van der Waals surface area contributed by atoms with E-state index in [0.29, 0.717) is 18.9 Å². The first-order valence-corrected chi connectivity index (χ1v) is 5.55. The van der Waals surface area contributed by atoms with Crippen molar-refractivity contribution in [2.24, 2.45) is 0 Å². The van der Waals surface area contributed by atoms with Gasteiger partial charge >= 0.3 is 0 Å². The molecule has 1 saturated carbocycles. The van der Waals surface area contributed by atoms with Crippen LogP contribution in [0.25, 0.3) is 0 Å². The van der Waals surface area contributed by atoms with E-state index in [2.05, 4.69) is 10.2 Å². The Balaban J connectivity index is 0.000000711. The van der Waals surface area contributed by atoms with Crippen LogP contribution < -0.4 is 0 Å². The molecule has 1 aliphatic carbocycles. The third-order valence-electron chi connectivity index (χ3n) is 2.56. The third kappa shape index (κ3) is 2.56. The summed E-state index contributed by atoms with van der Waals surface area (Å²) in [5, 5.41) is 6.39. The molecule has 1 aliphatic rings. The zero-order valence-electron chi connectivity index (χ0n) is 9.64. The Labute approximate surface area is 91.5 Å². The Kier molecular flexibility index (Phi) is 4.27. The number of aromatic amines is 1. The number of hydrogen-bond acceptors (Lipinski definition) is 2. The van der Waals surface area contributed by atoms with Crippen molar-refractivity contribution < 1.29 is 10.6 Å². The van der Waals surface area contributed by atoms with E-state index in [1.54, 1.807) is 0 Å². The molecule has 0 bridgehead atoms. The number of H-pyrrole nitrogens is 1. The summed E-state index contributed by atoms with van der Waals surface area (Å²) in [5.41, 5.74) is 0.511. The Bertz CT molecular complexity index is 300. The lowest BCUT2D eigenvalue weighted by Crippen LogP contribution is -2.17. The number of nitrogens with zero attached hydrogens (tertiary/aromatic N) is 1. The molecule has 0 amide bonds. The first kappa shape index (κ1) is 12.2. The Morgan fingerprint density at radius 2 is 2.27 bits per heavy atom. The van der Waals surface area contributed by atoms with Gasteiger partial charge < -0.3 is 4.74 Å². The third-order valence-corrected chi connectivity index (χ3v) is 2.56. The molecule has 4 heteroatoms. The molecule has 88 valence electrons. The molecule has 15 heavy (non-hydrogen) atoms. The number of rotatable bonds is 4. The minimum absolute atomic E-state index is 0. The number of nitrogens with one attached hydrogen (secondary N) is 1. The summed E-state index contributed by atoms with van der Waals surface area (Å²) >= 11 is 0. The quantitative estimate of drug-likeness (QED) is 0.840. The molecule has 1 N–H and O–H groups in total. The normalized spacial score (nSPS) is 16.8. The largest absolute Gasteiger partial charge is 0.381 e. The molecular formula is C11H21FN2O. The van der Waals surface area contributed by atoms with E-state index in [0.717, 1.165) is 12.8 Å². The molecule has 0 spiro atoms. The van der Waals surface area contributed by atoms with E-state index in [1.807, 2.05) is 20.8 Å². The predicted molar refractivity (Wildman–Crippen MR) is 59.4 cm³/mol. The fourth-order valence-electron chi connectivity index (χ4n) is 1.56. The van der Waals surface area contributed by atoms with Crippen molar-refractivity contribution in [2.75, 3.05) is 13.2 Å². The van der Waals surface area contributed by atoms with Crippen molar-refractivity contribution in [3.63, 3.8) is 0 Å². The highest BCUT2D eigenvalue weighted by atomic mass is 19.1. The van der Waals surface area contributed by atoms with Crippen LogP contribution in [0.3, 0.4) is 0 Å². The molecule has 1 heterocycles. The summed E-state index contributed by atoms with van der Waals surface area (Å²) in [6.45, 7) is 7.22. The van der Waals surface area contributed by atoms with Crippen molar-refractivity contribution in [2.45, 2.75) is 39.0 Å². The van der Waals surface area contributed by atoms with Crippen molar-refractivity contribution in [1.29, 1.82) is 0 Å². The summed E-state index contributed by atoms with van der Waals surface area (Å²) in [6, 6.07) is 0. The molecule has 0 radical (unpaired) electrons. The molecule has 0 aliphatic heterocycles. The average molecular weight is 216 g/mol. The van der Waals surface area contributed by atoms with Crippen molar-refractivity contribution in [3.05, 3.63) is 17.7 Å². The van der Waals surface area contributed by atoms with Crippen LogP contribution in [-0.2, 0) is 10.2 Å². The van der Waals surface area contributed by atoms with Crippen LogP contribution in [0.4, 0.5) is 4.39 Å².